The third kappa shape index (κ3) is 4.73. The number of piperidine rings is 1. The molecule has 1 aliphatic heterocycles. The lowest BCUT2D eigenvalue weighted by molar-refractivity contribution is -0.137. The van der Waals surface area contributed by atoms with Gasteiger partial charge in [-0.1, -0.05) is 6.92 Å². The molecule has 0 spiro atoms. The van der Waals surface area contributed by atoms with Gasteiger partial charge < -0.3 is 4.90 Å². The van der Waals surface area contributed by atoms with Crippen molar-refractivity contribution in [3.63, 3.8) is 0 Å². The van der Waals surface area contributed by atoms with Gasteiger partial charge in [0.25, 0.3) is 0 Å². The number of nitrogens with zero attached hydrogens (tertiary/aromatic N) is 3. The first-order valence-electron chi connectivity index (χ1n) is 10.4. The fraction of sp³-hybridized carbons (Fsp3) is 0.435. The summed E-state index contributed by atoms with van der Waals surface area (Å²) in [6, 6.07) is 5.24. The lowest BCUT2D eigenvalue weighted by Gasteiger charge is -2.39. The van der Waals surface area contributed by atoms with Gasteiger partial charge in [-0.25, -0.2) is 9.97 Å². The van der Waals surface area contributed by atoms with Gasteiger partial charge in [0.2, 0.25) is 0 Å². The number of halogens is 3. The number of carbonyl (C=O) groups is 1. The molecule has 1 aromatic carbocycles. The topological polar surface area (TPSA) is 46.1 Å². The first kappa shape index (κ1) is 22.9. The second-order valence-electron chi connectivity index (χ2n) is 8.47. The van der Waals surface area contributed by atoms with E-state index in [1.54, 1.807) is 11.3 Å². The molecular weight excluding hydrogens is 455 g/mol. The Bertz CT molecular complexity index is 1110. The molecule has 0 atom stereocenters. The number of aryl methyl sites for hydroxylation is 2. The van der Waals surface area contributed by atoms with E-state index in [0.717, 1.165) is 44.1 Å². The largest absolute Gasteiger partial charge is 0.416 e. The highest BCUT2D eigenvalue weighted by Crippen LogP contribution is 2.37. The summed E-state index contributed by atoms with van der Waals surface area (Å²) in [5.41, 5.74) is 1.49. The molecule has 0 radical (unpaired) electrons. The number of anilines is 1. The maximum atomic E-state index is 13.1. The van der Waals surface area contributed by atoms with Gasteiger partial charge in [0.15, 0.2) is 0 Å². The Morgan fingerprint density at radius 1 is 1.12 bits per heavy atom. The van der Waals surface area contributed by atoms with E-state index in [1.807, 2.05) is 31.1 Å². The van der Waals surface area contributed by atoms with Crippen LogP contribution >= 0.6 is 22.7 Å². The number of hydrogen-bond acceptors (Lipinski definition) is 6. The predicted molar refractivity (Wildman–Crippen MR) is 122 cm³/mol. The van der Waals surface area contributed by atoms with Crippen LogP contribution in [-0.4, -0.2) is 28.8 Å². The van der Waals surface area contributed by atoms with Crippen molar-refractivity contribution in [2.24, 2.45) is 5.41 Å². The van der Waals surface area contributed by atoms with Crippen LogP contribution in [-0.2, 0) is 17.4 Å². The highest BCUT2D eigenvalue weighted by molar-refractivity contribution is 7.16. The van der Waals surface area contributed by atoms with Gasteiger partial charge in [-0.05, 0) is 51.0 Å². The molecular formula is C23H24F3N3OS2. The Kier molecular flexibility index (Phi) is 6.15. The zero-order valence-electron chi connectivity index (χ0n) is 18.1. The number of Topliss-reactive ketones (excluding diaryl/α,β-unsaturated/α-hetero) is 1. The number of benzene rings is 1. The summed E-state index contributed by atoms with van der Waals surface area (Å²) >= 11 is 3.11. The molecule has 4 rings (SSSR count). The Morgan fingerprint density at radius 2 is 1.78 bits per heavy atom. The minimum atomic E-state index is -4.33. The van der Waals surface area contributed by atoms with Crippen LogP contribution in [0, 0.1) is 19.3 Å². The summed E-state index contributed by atoms with van der Waals surface area (Å²) in [7, 11) is 0. The van der Waals surface area contributed by atoms with Crippen molar-refractivity contribution in [1.82, 2.24) is 9.97 Å². The molecule has 0 bridgehead atoms. The summed E-state index contributed by atoms with van der Waals surface area (Å²) in [5, 5.41) is 3.79. The maximum absolute atomic E-state index is 13.1. The lowest BCUT2D eigenvalue weighted by Crippen LogP contribution is -2.43. The van der Waals surface area contributed by atoms with Crippen LogP contribution in [0.15, 0.2) is 29.6 Å². The van der Waals surface area contributed by atoms with Gasteiger partial charge in [0.05, 0.1) is 33.3 Å². The van der Waals surface area contributed by atoms with E-state index in [0.29, 0.717) is 32.4 Å². The molecule has 0 unspecified atom stereocenters. The van der Waals surface area contributed by atoms with Crippen LogP contribution in [0.1, 0.15) is 41.0 Å². The molecule has 9 heteroatoms. The number of aromatic nitrogens is 2. The third-order valence-corrected chi connectivity index (χ3v) is 8.04. The van der Waals surface area contributed by atoms with Gasteiger partial charge >= 0.3 is 6.18 Å². The molecule has 1 aliphatic rings. The standard InChI is InChI=1S/C23H24F3N3OS2/c1-14-21(32-15(2)27-14)18-13-31-20(28-18)12-19(30)22(3)8-10-29(11-9-22)17-6-4-16(5-7-17)23(24,25)26/h4-7,13H,8-12H2,1-3H3. The summed E-state index contributed by atoms with van der Waals surface area (Å²) in [5.74, 6) is 0.169. The van der Waals surface area contributed by atoms with Crippen molar-refractivity contribution in [3.05, 3.63) is 50.9 Å². The van der Waals surface area contributed by atoms with E-state index >= 15 is 0 Å². The second-order valence-corrected chi connectivity index (χ2v) is 10.6. The average molecular weight is 480 g/mol. The lowest BCUT2D eigenvalue weighted by atomic mass is 9.75. The number of carbonyl (C=O) groups excluding carboxylic acids is 1. The number of alkyl halides is 3. The highest BCUT2D eigenvalue weighted by atomic mass is 32.1. The van der Waals surface area contributed by atoms with Crippen LogP contribution in [0.25, 0.3) is 10.6 Å². The van der Waals surface area contributed by atoms with E-state index in [4.69, 9.17) is 0 Å². The molecule has 0 amide bonds. The van der Waals surface area contributed by atoms with Crippen LogP contribution in [0.3, 0.4) is 0 Å². The first-order chi connectivity index (χ1) is 15.0. The van der Waals surface area contributed by atoms with Gasteiger partial charge in [0.1, 0.15) is 10.8 Å². The smallest absolute Gasteiger partial charge is 0.371 e. The number of hydrogen-bond donors (Lipinski definition) is 0. The minimum Gasteiger partial charge on any atom is -0.371 e. The van der Waals surface area contributed by atoms with Gasteiger partial charge in [-0.15, -0.1) is 22.7 Å². The van der Waals surface area contributed by atoms with E-state index in [-0.39, 0.29) is 5.78 Å². The van der Waals surface area contributed by atoms with Crippen molar-refractivity contribution < 1.29 is 18.0 Å². The molecule has 3 heterocycles. The summed E-state index contributed by atoms with van der Waals surface area (Å²) in [6.07, 6.45) is -2.70. The highest BCUT2D eigenvalue weighted by Gasteiger charge is 2.37. The van der Waals surface area contributed by atoms with E-state index in [9.17, 15) is 18.0 Å². The number of thiazole rings is 2. The molecule has 0 saturated carbocycles. The van der Waals surface area contributed by atoms with Gasteiger partial charge in [0, 0.05) is 29.6 Å². The fourth-order valence-electron chi connectivity index (χ4n) is 4.01. The van der Waals surface area contributed by atoms with E-state index in [1.165, 1.54) is 23.5 Å². The number of ketones is 1. The van der Waals surface area contributed by atoms with Gasteiger partial charge in [-0.2, -0.15) is 13.2 Å². The van der Waals surface area contributed by atoms with Crippen LogP contribution in [0.5, 0.6) is 0 Å². The molecule has 0 N–H and O–H groups in total. The summed E-state index contributed by atoms with van der Waals surface area (Å²) in [4.78, 5) is 25.3. The third-order valence-electron chi connectivity index (χ3n) is 6.10. The average Bonchev–Trinajstić information content (AvgIpc) is 3.33. The molecule has 0 aliphatic carbocycles. The van der Waals surface area contributed by atoms with E-state index < -0.39 is 17.2 Å². The van der Waals surface area contributed by atoms with E-state index in [2.05, 4.69) is 9.97 Å². The molecule has 32 heavy (non-hydrogen) atoms. The zero-order valence-corrected chi connectivity index (χ0v) is 19.8. The Hall–Kier alpha value is -2.26. The van der Waals surface area contributed by atoms with Crippen LogP contribution < -0.4 is 4.90 Å². The zero-order chi connectivity index (χ0) is 23.1. The van der Waals surface area contributed by atoms with Crippen molar-refractivity contribution in [2.45, 2.75) is 46.2 Å². The fourth-order valence-corrected chi connectivity index (χ4v) is 5.75. The molecule has 1 fully saturated rings. The maximum Gasteiger partial charge on any atom is 0.416 e. The number of rotatable bonds is 5. The summed E-state index contributed by atoms with van der Waals surface area (Å²) in [6.45, 7) is 7.20. The molecule has 170 valence electrons. The monoisotopic (exact) mass is 479 g/mol. The predicted octanol–water partition coefficient (Wildman–Crippen LogP) is 6.32. The SMILES string of the molecule is Cc1nc(C)c(-c2csc(CC(=O)C3(C)CCN(c4ccc(C(F)(F)F)cc4)CC3)n2)s1. The molecule has 3 aromatic rings. The summed E-state index contributed by atoms with van der Waals surface area (Å²) < 4.78 is 38.4. The second kappa shape index (κ2) is 8.59. The molecule has 4 nitrogen and oxygen atoms in total. The van der Waals surface area contributed by atoms with Gasteiger partial charge in [-0.3, -0.25) is 4.79 Å². The first-order valence-corrected chi connectivity index (χ1v) is 12.1. The molecule has 2 aromatic heterocycles. The van der Waals surface area contributed by atoms with Crippen molar-refractivity contribution in [3.8, 4) is 10.6 Å². The van der Waals surface area contributed by atoms with Crippen LogP contribution in [0.4, 0.5) is 18.9 Å². The minimum absolute atomic E-state index is 0.169. The van der Waals surface area contributed by atoms with Crippen LogP contribution in [0.2, 0.25) is 0 Å². The van der Waals surface area contributed by atoms with Crippen molar-refractivity contribution in [2.75, 3.05) is 18.0 Å². The quantitative estimate of drug-likeness (QED) is 0.430. The Labute approximate surface area is 193 Å². The molecule has 1 saturated heterocycles. The Morgan fingerprint density at radius 3 is 2.34 bits per heavy atom. The normalized spacial score (nSPS) is 16.4. The van der Waals surface area contributed by atoms with Crippen molar-refractivity contribution in [1.29, 1.82) is 0 Å². The van der Waals surface area contributed by atoms with Crippen molar-refractivity contribution >= 4 is 34.1 Å². The Balaban J connectivity index is 1.38.